The van der Waals surface area contributed by atoms with Crippen molar-refractivity contribution in [3.8, 4) is 44.8 Å². The minimum absolute atomic E-state index is 0.426. The zero-order valence-electron chi connectivity index (χ0n) is 29.7. The summed E-state index contributed by atoms with van der Waals surface area (Å²) in [6.07, 6.45) is 8.23. The third-order valence-electron chi connectivity index (χ3n) is 8.89. The van der Waals surface area contributed by atoms with E-state index in [9.17, 15) is 0 Å². The van der Waals surface area contributed by atoms with Crippen LogP contribution in [0.1, 0.15) is 29.2 Å². The van der Waals surface area contributed by atoms with Crippen molar-refractivity contribution in [3.63, 3.8) is 0 Å². The number of nitrogens with two attached hydrogens (primary N) is 1. The Labute approximate surface area is 312 Å². The molecule has 0 atom stereocenters. The molecule has 0 unspecified atom stereocenters. The van der Waals surface area contributed by atoms with Crippen LogP contribution in [-0.2, 0) is 6.54 Å². The first-order chi connectivity index (χ1) is 26.1. The molecule has 0 aliphatic rings. The highest BCUT2D eigenvalue weighted by Crippen LogP contribution is 2.32. The van der Waals surface area contributed by atoms with Gasteiger partial charge in [-0.05, 0) is 64.6 Å². The van der Waals surface area contributed by atoms with E-state index < -0.39 is 0 Å². The molecule has 6 aromatic carbocycles. The van der Waals surface area contributed by atoms with Gasteiger partial charge in [-0.1, -0.05) is 176 Å². The molecule has 4 nitrogen and oxygen atoms in total. The summed E-state index contributed by atoms with van der Waals surface area (Å²) in [6, 6.07) is 60.3. The van der Waals surface area contributed by atoms with E-state index in [0.29, 0.717) is 18.2 Å². The lowest BCUT2D eigenvalue weighted by atomic mass is 9.96. The van der Waals surface area contributed by atoms with E-state index in [1.807, 2.05) is 85.8 Å². The van der Waals surface area contributed by atoms with Crippen LogP contribution in [0.3, 0.4) is 0 Å². The number of amidine groups is 2. The van der Waals surface area contributed by atoms with Crippen molar-refractivity contribution in [1.29, 1.82) is 0 Å². The Morgan fingerprint density at radius 1 is 0.528 bits per heavy atom. The Balaban J connectivity index is 1.23. The average molecular weight is 685 g/mol. The molecular weight excluding hydrogens is 645 g/mol. The van der Waals surface area contributed by atoms with E-state index >= 15 is 0 Å². The Hall–Kier alpha value is -6.91. The second-order valence-electron chi connectivity index (χ2n) is 12.6. The van der Waals surface area contributed by atoms with Crippen LogP contribution in [-0.4, -0.2) is 16.7 Å². The highest BCUT2D eigenvalue weighted by atomic mass is 15.0. The lowest BCUT2D eigenvalue weighted by Gasteiger charge is -2.12. The molecule has 256 valence electrons. The monoisotopic (exact) mass is 684 g/mol. The average Bonchev–Trinajstić information content (AvgIpc) is 3.23. The Kier molecular flexibility index (Phi) is 11.0. The molecule has 4 heteroatoms. The molecule has 2 N–H and O–H groups in total. The zero-order valence-corrected chi connectivity index (χ0v) is 29.7. The summed E-state index contributed by atoms with van der Waals surface area (Å²) >= 11 is 0. The van der Waals surface area contributed by atoms with Crippen LogP contribution in [0.5, 0.6) is 0 Å². The summed E-state index contributed by atoms with van der Waals surface area (Å²) in [4.78, 5) is 14.9. The predicted octanol–water partition coefficient (Wildman–Crippen LogP) is 11.7. The molecule has 0 aliphatic heterocycles. The van der Waals surface area contributed by atoms with Gasteiger partial charge >= 0.3 is 0 Å². The number of benzene rings is 6. The van der Waals surface area contributed by atoms with E-state index in [4.69, 9.17) is 20.7 Å². The standard InChI is InChI=1S/C49H40N4/c1-2-3-7-16-36-19-14-25-43(31-36)47-34-45(33-46(52-47)40-20-10-5-11-21-40)39-29-27-38(28-30-39)42-24-15-26-44(32-42)49(51-35-37-17-8-4-9-18-37)53-48(50)41-22-12-6-13-23-41/h2-34H,35H2,1H3,(H2,50,51,53)/b3-2-,16-7-. The third kappa shape index (κ3) is 8.88. The fourth-order valence-electron chi connectivity index (χ4n) is 6.10. The first-order valence-corrected chi connectivity index (χ1v) is 17.8. The van der Waals surface area contributed by atoms with Gasteiger partial charge in [0.15, 0.2) is 5.84 Å². The Morgan fingerprint density at radius 2 is 1.11 bits per heavy atom. The number of aromatic nitrogens is 1. The Morgan fingerprint density at radius 3 is 1.83 bits per heavy atom. The van der Waals surface area contributed by atoms with Crippen molar-refractivity contribution in [2.24, 2.45) is 15.7 Å². The van der Waals surface area contributed by atoms with E-state index in [1.165, 1.54) is 0 Å². The first-order valence-electron chi connectivity index (χ1n) is 17.8. The van der Waals surface area contributed by atoms with Gasteiger partial charge in [0, 0.05) is 22.3 Å². The predicted molar refractivity (Wildman–Crippen MR) is 224 cm³/mol. The quantitative estimate of drug-likeness (QED) is 0.0885. The van der Waals surface area contributed by atoms with E-state index in [-0.39, 0.29) is 0 Å². The van der Waals surface area contributed by atoms with Gasteiger partial charge in [0.05, 0.1) is 17.9 Å². The maximum Gasteiger partial charge on any atom is 0.157 e. The van der Waals surface area contributed by atoms with Crippen LogP contribution in [0.4, 0.5) is 0 Å². The fourth-order valence-corrected chi connectivity index (χ4v) is 6.10. The number of allylic oxidation sites excluding steroid dienone is 3. The molecule has 1 heterocycles. The van der Waals surface area contributed by atoms with Crippen LogP contribution in [0.15, 0.2) is 204 Å². The van der Waals surface area contributed by atoms with Gasteiger partial charge in [-0.2, -0.15) is 0 Å². The number of rotatable bonds is 10. The number of aliphatic imine (C=N–C) groups is 2. The zero-order chi connectivity index (χ0) is 36.2. The number of hydrogen-bond donors (Lipinski definition) is 1. The van der Waals surface area contributed by atoms with Crippen LogP contribution in [0, 0.1) is 0 Å². The van der Waals surface area contributed by atoms with Crippen molar-refractivity contribution in [3.05, 3.63) is 216 Å². The molecule has 0 saturated carbocycles. The van der Waals surface area contributed by atoms with Gasteiger partial charge < -0.3 is 5.73 Å². The van der Waals surface area contributed by atoms with Crippen molar-refractivity contribution < 1.29 is 0 Å². The fraction of sp³-hybridized carbons (Fsp3) is 0.0408. The molecule has 0 radical (unpaired) electrons. The van der Waals surface area contributed by atoms with Crippen molar-refractivity contribution in [1.82, 2.24) is 4.98 Å². The molecule has 0 amide bonds. The highest BCUT2D eigenvalue weighted by molar-refractivity contribution is 6.11. The minimum atomic E-state index is 0.426. The summed E-state index contributed by atoms with van der Waals surface area (Å²) in [7, 11) is 0. The van der Waals surface area contributed by atoms with Gasteiger partial charge in [0.1, 0.15) is 5.84 Å². The SMILES string of the molecule is C/C=C\C=C/c1cccc(-c2cc(-c3ccc(-c4cccc(C(N=C(N)c5ccccc5)=NCc5ccccc5)c4)cc3)cc(-c3ccccc3)n2)c1. The van der Waals surface area contributed by atoms with Gasteiger partial charge in [0.25, 0.3) is 0 Å². The maximum absolute atomic E-state index is 6.51. The first kappa shape index (κ1) is 34.5. The van der Waals surface area contributed by atoms with Crippen LogP contribution in [0.25, 0.3) is 50.8 Å². The number of nitrogens with zero attached hydrogens (tertiary/aromatic N) is 3. The minimum Gasteiger partial charge on any atom is -0.383 e. The molecule has 0 fully saturated rings. The van der Waals surface area contributed by atoms with Gasteiger partial charge in [0.2, 0.25) is 0 Å². The summed E-state index contributed by atoms with van der Waals surface area (Å²) < 4.78 is 0. The van der Waals surface area contributed by atoms with Crippen LogP contribution in [0.2, 0.25) is 0 Å². The largest absolute Gasteiger partial charge is 0.383 e. The molecule has 53 heavy (non-hydrogen) atoms. The summed E-state index contributed by atoms with van der Waals surface area (Å²) in [5.41, 5.74) is 18.9. The molecule has 0 bridgehead atoms. The lowest BCUT2D eigenvalue weighted by molar-refractivity contribution is 1.06. The van der Waals surface area contributed by atoms with Gasteiger partial charge in [-0.15, -0.1) is 0 Å². The topological polar surface area (TPSA) is 63.6 Å². The summed E-state index contributed by atoms with van der Waals surface area (Å²) in [5.74, 6) is 1.02. The van der Waals surface area contributed by atoms with E-state index in [1.54, 1.807) is 0 Å². The van der Waals surface area contributed by atoms with Crippen LogP contribution < -0.4 is 5.73 Å². The molecule has 7 aromatic rings. The second kappa shape index (κ2) is 16.9. The van der Waals surface area contributed by atoms with Gasteiger partial charge in [-0.25, -0.2) is 9.98 Å². The van der Waals surface area contributed by atoms with Crippen molar-refractivity contribution in [2.75, 3.05) is 0 Å². The highest BCUT2D eigenvalue weighted by Gasteiger charge is 2.11. The van der Waals surface area contributed by atoms with E-state index in [2.05, 4.69) is 121 Å². The lowest BCUT2D eigenvalue weighted by Crippen LogP contribution is -2.16. The molecule has 1 aromatic heterocycles. The molecule has 0 saturated heterocycles. The summed E-state index contributed by atoms with van der Waals surface area (Å²) in [6.45, 7) is 2.51. The third-order valence-corrected chi connectivity index (χ3v) is 8.89. The second-order valence-corrected chi connectivity index (χ2v) is 12.6. The van der Waals surface area contributed by atoms with Crippen molar-refractivity contribution >= 4 is 17.7 Å². The normalized spacial score (nSPS) is 12.1. The molecule has 0 spiro atoms. The maximum atomic E-state index is 6.51. The number of hydrogen-bond acceptors (Lipinski definition) is 2. The smallest absolute Gasteiger partial charge is 0.157 e. The van der Waals surface area contributed by atoms with Crippen LogP contribution >= 0.6 is 0 Å². The van der Waals surface area contributed by atoms with E-state index in [0.717, 1.165) is 67.0 Å². The molecule has 0 aliphatic carbocycles. The number of pyridine rings is 1. The Bertz CT molecular complexity index is 2410. The summed E-state index contributed by atoms with van der Waals surface area (Å²) in [5, 5.41) is 0. The molecule has 7 rings (SSSR count). The van der Waals surface area contributed by atoms with Crippen molar-refractivity contribution in [2.45, 2.75) is 13.5 Å². The molecular formula is C49H40N4. The van der Waals surface area contributed by atoms with Gasteiger partial charge in [-0.3, -0.25) is 4.99 Å².